The first kappa shape index (κ1) is 17.1. The third kappa shape index (κ3) is 3.11. The number of benzene rings is 1. The van der Waals surface area contributed by atoms with Crippen molar-refractivity contribution < 1.29 is 4.79 Å². The van der Waals surface area contributed by atoms with Gasteiger partial charge >= 0.3 is 0 Å². The van der Waals surface area contributed by atoms with Crippen molar-refractivity contribution >= 4 is 34.8 Å². The van der Waals surface area contributed by atoms with Gasteiger partial charge in [-0.1, -0.05) is 41.7 Å². The van der Waals surface area contributed by atoms with Crippen molar-refractivity contribution in [1.29, 1.82) is 0 Å². The molecule has 1 aromatic heterocycles. The summed E-state index contributed by atoms with van der Waals surface area (Å²) in [6, 6.07) is 10.5. The highest BCUT2D eigenvalue weighted by Gasteiger charge is 2.46. The van der Waals surface area contributed by atoms with E-state index >= 15 is 0 Å². The molecule has 3 heterocycles. The highest BCUT2D eigenvalue weighted by atomic mass is 35.5. The van der Waals surface area contributed by atoms with Gasteiger partial charge in [0.05, 0.1) is 12.5 Å². The maximum Gasteiger partial charge on any atom is 0.230 e. The lowest BCUT2D eigenvalue weighted by molar-refractivity contribution is -0.131. The van der Waals surface area contributed by atoms with Crippen LogP contribution >= 0.6 is 23.7 Å². The number of nitrogens with one attached hydrogen (secondary N) is 1. The molecule has 0 aliphatic carbocycles. The summed E-state index contributed by atoms with van der Waals surface area (Å²) in [4.78, 5) is 14.9. The summed E-state index contributed by atoms with van der Waals surface area (Å²) < 4.78 is 0. The zero-order valence-electron chi connectivity index (χ0n) is 13.1. The average molecular weight is 366 g/mol. The minimum atomic E-state index is 0. The molecule has 0 unspecified atom stereocenters. The number of nitrogen functional groups attached to an aromatic ring is 1. The van der Waals surface area contributed by atoms with Crippen LogP contribution in [0.25, 0.3) is 0 Å². The van der Waals surface area contributed by atoms with Crippen molar-refractivity contribution in [3.05, 3.63) is 40.9 Å². The molecule has 1 amide bonds. The molecular formula is C16H20ClN5OS. The minimum Gasteiger partial charge on any atom is -0.374 e. The smallest absolute Gasteiger partial charge is 0.230 e. The van der Waals surface area contributed by atoms with E-state index in [0.717, 1.165) is 19.6 Å². The quantitative estimate of drug-likeness (QED) is 0.861. The standard InChI is InChI=1S/C16H19N5OS.ClH/c17-16-20-19-13(23-16)6-14(22)21-9-11-7-18-8-12(11)15(21)10-4-2-1-3-5-10;/h1-5,11-12,15,18H,6-9H2,(H2,17,20);1H/t11-,12-,15+;/m0./s1. The lowest BCUT2D eigenvalue weighted by Crippen LogP contribution is -2.35. The van der Waals surface area contributed by atoms with E-state index in [-0.39, 0.29) is 30.8 Å². The van der Waals surface area contributed by atoms with E-state index in [1.54, 1.807) is 0 Å². The summed E-state index contributed by atoms with van der Waals surface area (Å²) in [5, 5.41) is 12.3. The molecule has 3 N–H and O–H groups in total. The Morgan fingerprint density at radius 2 is 2.08 bits per heavy atom. The van der Waals surface area contributed by atoms with Crippen LogP contribution < -0.4 is 11.1 Å². The van der Waals surface area contributed by atoms with E-state index in [4.69, 9.17) is 5.73 Å². The fraction of sp³-hybridized carbons (Fsp3) is 0.438. The van der Waals surface area contributed by atoms with Gasteiger partial charge < -0.3 is 16.0 Å². The lowest BCUT2D eigenvalue weighted by Gasteiger charge is -2.28. The van der Waals surface area contributed by atoms with Crippen molar-refractivity contribution in [2.75, 3.05) is 25.4 Å². The first-order valence-corrected chi connectivity index (χ1v) is 8.67. The van der Waals surface area contributed by atoms with Crippen molar-refractivity contribution in [1.82, 2.24) is 20.4 Å². The third-order valence-corrected chi connectivity index (χ3v) is 5.56. The molecule has 4 rings (SSSR count). The first-order valence-electron chi connectivity index (χ1n) is 7.85. The number of fused-ring (bicyclic) bond motifs is 1. The number of nitrogens with zero attached hydrogens (tertiary/aromatic N) is 3. The Bertz CT molecular complexity index is 710. The number of aromatic nitrogens is 2. The molecule has 2 saturated heterocycles. The zero-order valence-corrected chi connectivity index (χ0v) is 14.7. The van der Waals surface area contributed by atoms with Crippen molar-refractivity contribution in [2.45, 2.75) is 12.5 Å². The van der Waals surface area contributed by atoms with Crippen LogP contribution in [0.3, 0.4) is 0 Å². The second-order valence-corrected chi connectivity index (χ2v) is 7.29. The van der Waals surface area contributed by atoms with Crippen LogP contribution in [0.15, 0.2) is 30.3 Å². The maximum atomic E-state index is 12.8. The lowest BCUT2D eigenvalue weighted by atomic mass is 9.89. The largest absolute Gasteiger partial charge is 0.374 e. The Hall–Kier alpha value is -1.70. The topological polar surface area (TPSA) is 84.1 Å². The van der Waals surface area contributed by atoms with Crippen LogP contribution in [0.1, 0.15) is 16.6 Å². The molecule has 0 spiro atoms. The van der Waals surface area contributed by atoms with Crippen LogP contribution in [-0.4, -0.2) is 40.6 Å². The number of hydrogen-bond donors (Lipinski definition) is 2. The number of hydrogen-bond acceptors (Lipinski definition) is 6. The predicted octanol–water partition coefficient (Wildman–Crippen LogP) is 1.50. The van der Waals surface area contributed by atoms with E-state index < -0.39 is 0 Å². The summed E-state index contributed by atoms with van der Waals surface area (Å²) in [6.07, 6.45) is 0.283. The van der Waals surface area contributed by atoms with Gasteiger partial charge in [-0.25, -0.2) is 0 Å². The third-order valence-electron chi connectivity index (χ3n) is 4.81. The van der Waals surface area contributed by atoms with Crippen molar-refractivity contribution in [3.8, 4) is 0 Å². The number of halogens is 1. The van der Waals surface area contributed by atoms with Crippen molar-refractivity contribution in [2.24, 2.45) is 11.8 Å². The van der Waals surface area contributed by atoms with E-state index in [1.807, 2.05) is 23.1 Å². The Balaban J connectivity index is 0.00000169. The molecule has 1 aromatic carbocycles. The molecule has 0 bridgehead atoms. The predicted molar refractivity (Wildman–Crippen MR) is 96.0 cm³/mol. The maximum absolute atomic E-state index is 12.8. The van der Waals surface area contributed by atoms with E-state index in [2.05, 4.69) is 27.6 Å². The van der Waals surface area contributed by atoms with Crippen LogP contribution in [0.2, 0.25) is 0 Å². The average Bonchev–Trinajstić information content (AvgIpc) is 3.23. The molecule has 128 valence electrons. The highest BCUT2D eigenvalue weighted by molar-refractivity contribution is 7.15. The van der Waals surface area contributed by atoms with Crippen LogP contribution in [0.4, 0.5) is 5.13 Å². The number of rotatable bonds is 3. The Morgan fingerprint density at radius 3 is 2.79 bits per heavy atom. The molecule has 2 fully saturated rings. The number of carbonyl (C=O) groups is 1. The van der Waals surface area contributed by atoms with Crippen LogP contribution in [0.5, 0.6) is 0 Å². The number of carbonyl (C=O) groups excluding carboxylic acids is 1. The zero-order chi connectivity index (χ0) is 15.8. The summed E-state index contributed by atoms with van der Waals surface area (Å²) in [6.45, 7) is 2.77. The van der Waals surface area contributed by atoms with E-state index in [1.165, 1.54) is 16.9 Å². The van der Waals surface area contributed by atoms with Gasteiger partial charge in [-0.3, -0.25) is 4.79 Å². The summed E-state index contributed by atoms with van der Waals surface area (Å²) in [7, 11) is 0. The van der Waals surface area contributed by atoms with Gasteiger partial charge in [0.1, 0.15) is 5.01 Å². The number of likely N-dealkylation sites (tertiary alicyclic amines) is 1. The normalized spacial score (nSPS) is 25.3. The van der Waals surface area contributed by atoms with E-state index in [9.17, 15) is 4.79 Å². The number of anilines is 1. The molecule has 0 radical (unpaired) electrons. The minimum absolute atomic E-state index is 0. The van der Waals surface area contributed by atoms with Gasteiger partial charge in [-0.15, -0.1) is 22.6 Å². The summed E-state index contributed by atoms with van der Waals surface area (Å²) in [5.74, 6) is 1.13. The summed E-state index contributed by atoms with van der Waals surface area (Å²) in [5.41, 5.74) is 6.83. The Morgan fingerprint density at radius 1 is 1.29 bits per heavy atom. The van der Waals surface area contributed by atoms with Gasteiger partial charge in [0.2, 0.25) is 11.0 Å². The molecule has 2 aliphatic heterocycles. The second-order valence-electron chi connectivity index (χ2n) is 6.19. The Kier molecular flexibility index (Phi) is 5.03. The molecule has 24 heavy (non-hydrogen) atoms. The molecule has 3 atom stereocenters. The molecule has 0 saturated carbocycles. The molecule has 2 aromatic rings. The van der Waals surface area contributed by atoms with Gasteiger partial charge in [0.25, 0.3) is 0 Å². The van der Waals surface area contributed by atoms with E-state index in [0.29, 0.717) is 22.0 Å². The van der Waals surface area contributed by atoms with Crippen LogP contribution in [0, 0.1) is 11.8 Å². The first-order chi connectivity index (χ1) is 11.2. The van der Waals surface area contributed by atoms with Gasteiger partial charge in [-0.2, -0.15) is 0 Å². The van der Waals surface area contributed by atoms with Gasteiger partial charge in [0.15, 0.2) is 0 Å². The monoisotopic (exact) mass is 365 g/mol. The SMILES string of the molecule is Cl.Nc1nnc(CC(=O)N2C[C@@H]3CNC[C@@H]3[C@H]2c2ccccc2)s1. The number of amides is 1. The van der Waals surface area contributed by atoms with Crippen molar-refractivity contribution in [3.63, 3.8) is 0 Å². The molecule has 8 heteroatoms. The van der Waals surface area contributed by atoms with Crippen LogP contribution in [-0.2, 0) is 11.2 Å². The van der Waals surface area contributed by atoms with Gasteiger partial charge in [-0.05, 0) is 11.5 Å². The molecular weight excluding hydrogens is 346 g/mol. The van der Waals surface area contributed by atoms with Gasteiger partial charge in [0, 0.05) is 25.6 Å². The summed E-state index contributed by atoms with van der Waals surface area (Å²) >= 11 is 1.29. The highest BCUT2D eigenvalue weighted by Crippen LogP contribution is 2.42. The fourth-order valence-electron chi connectivity index (χ4n) is 3.82. The second kappa shape index (κ2) is 7.04. The number of nitrogens with two attached hydrogens (primary N) is 1. The Labute approximate surface area is 150 Å². The molecule has 2 aliphatic rings. The molecule has 6 nitrogen and oxygen atoms in total. The fourth-order valence-corrected chi connectivity index (χ4v) is 4.42.